The van der Waals surface area contributed by atoms with Gasteiger partial charge in [0.2, 0.25) is 5.91 Å². The largest absolute Gasteiger partial charge is 0.394 e. The van der Waals surface area contributed by atoms with E-state index < -0.39 is 18.2 Å². The standard InChI is InChI=1S/C52H105NO4/c1-3-5-7-9-11-13-15-17-19-21-22-23-24-25-26-27-28-29-30-31-33-35-37-39-41-43-45-47-51(56)53-49(48-54)52(57)50(55)46-44-42-40-38-36-34-32-20-18-16-14-12-10-8-6-4-2/h49-50,52,54-55,57H,3-48H2,1-2H3,(H,53,56)/t49-,50+,52-/m0/s1. The summed E-state index contributed by atoms with van der Waals surface area (Å²) < 4.78 is 0. The smallest absolute Gasteiger partial charge is 0.220 e. The lowest BCUT2D eigenvalue weighted by molar-refractivity contribution is -0.124. The second kappa shape index (κ2) is 48.0. The number of carbonyl (C=O) groups is 1. The predicted molar refractivity (Wildman–Crippen MR) is 250 cm³/mol. The highest BCUT2D eigenvalue weighted by Gasteiger charge is 2.26. The van der Waals surface area contributed by atoms with E-state index in [0.29, 0.717) is 12.8 Å². The quantitative estimate of drug-likeness (QED) is 0.0461. The summed E-state index contributed by atoms with van der Waals surface area (Å²) in [5, 5.41) is 33.7. The van der Waals surface area contributed by atoms with Gasteiger partial charge in [-0.3, -0.25) is 4.79 Å². The Kier molecular flexibility index (Phi) is 47.5. The van der Waals surface area contributed by atoms with Crippen LogP contribution >= 0.6 is 0 Å². The Labute approximate surface area is 357 Å². The van der Waals surface area contributed by atoms with Gasteiger partial charge >= 0.3 is 0 Å². The molecule has 1 amide bonds. The van der Waals surface area contributed by atoms with Crippen molar-refractivity contribution < 1.29 is 20.1 Å². The molecule has 0 fully saturated rings. The summed E-state index contributed by atoms with van der Waals surface area (Å²) in [6.45, 7) is 4.22. The molecule has 0 heterocycles. The molecule has 342 valence electrons. The fourth-order valence-electron chi connectivity index (χ4n) is 8.64. The van der Waals surface area contributed by atoms with Crippen molar-refractivity contribution in [2.24, 2.45) is 0 Å². The maximum absolute atomic E-state index is 12.5. The minimum Gasteiger partial charge on any atom is -0.394 e. The second-order valence-corrected chi connectivity index (χ2v) is 18.4. The highest BCUT2D eigenvalue weighted by molar-refractivity contribution is 5.76. The molecule has 0 unspecified atom stereocenters. The van der Waals surface area contributed by atoms with Gasteiger partial charge in [-0.2, -0.15) is 0 Å². The first kappa shape index (κ1) is 56.4. The zero-order valence-electron chi connectivity index (χ0n) is 39.0. The molecule has 4 N–H and O–H groups in total. The van der Waals surface area contributed by atoms with Gasteiger partial charge in [0.05, 0.1) is 18.8 Å². The fraction of sp³-hybridized carbons (Fsp3) is 0.981. The molecule has 0 saturated heterocycles. The predicted octanol–water partition coefficient (Wildman–Crippen LogP) is 15.8. The molecule has 0 aliphatic heterocycles. The molecular formula is C52H105NO4. The molecule has 0 saturated carbocycles. The number of amides is 1. The maximum Gasteiger partial charge on any atom is 0.220 e. The van der Waals surface area contributed by atoms with E-state index in [0.717, 1.165) is 32.1 Å². The van der Waals surface area contributed by atoms with Crippen LogP contribution < -0.4 is 5.32 Å². The van der Waals surface area contributed by atoms with Crippen LogP contribution in [-0.2, 0) is 4.79 Å². The number of hydrogen-bond acceptors (Lipinski definition) is 4. The van der Waals surface area contributed by atoms with E-state index in [1.54, 1.807) is 0 Å². The first-order chi connectivity index (χ1) is 28.1. The number of rotatable bonds is 49. The molecule has 57 heavy (non-hydrogen) atoms. The second-order valence-electron chi connectivity index (χ2n) is 18.4. The van der Waals surface area contributed by atoms with Gasteiger partial charge in [0.15, 0.2) is 0 Å². The minimum absolute atomic E-state index is 0.137. The molecule has 5 nitrogen and oxygen atoms in total. The lowest BCUT2D eigenvalue weighted by atomic mass is 9.99. The number of carbonyl (C=O) groups excluding carboxylic acids is 1. The Bertz CT molecular complexity index is 762. The average molecular weight is 808 g/mol. The summed E-state index contributed by atoms with van der Waals surface area (Å²) in [6, 6.07) is -0.803. The molecule has 0 aliphatic rings. The number of aliphatic hydroxyl groups excluding tert-OH is 3. The Morgan fingerprint density at radius 1 is 0.368 bits per heavy atom. The van der Waals surface area contributed by atoms with Crippen LogP contribution in [0.5, 0.6) is 0 Å². The van der Waals surface area contributed by atoms with Crippen LogP contribution in [0.25, 0.3) is 0 Å². The van der Waals surface area contributed by atoms with Crippen molar-refractivity contribution in [1.29, 1.82) is 0 Å². The van der Waals surface area contributed by atoms with E-state index >= 15 is 0 Å². The molecule has 5 heteroatoms. The van der Waals surface area contributed by atoms with E-state index in [1.807, 2.05) is 0 Å². The van der Waals surface area contributed by atoms with Crippen LogP contribution in [0.3, 0.4) is 0 Å². The van der Waals surface area contributed by atoms with Gasteiger partial charge in [-0.15, -0.1) is 0 Å². The van der Waals surface area contributed by atoms with Crippen LogP contribution in [0.2, 0.25) is 0 Å². The highest BCUT2D eigenvalue weighted by atomic mass is 16.3. The molecule has 0 radical (unpaired) electrons. The number of aliphatic hydroxyl groups is 3. The topological polar surface area (TPSA) is 89.8 Å². The summed E-state index contributed by atoms with van der Waals surface area (Å²) in [6.07, 6.45) is 56.7. The Morgan fingerprint density at radius 3 is 0.842 bits per heavy atom. The van der Waals surface area contributed by atoms with Crippen molar-refractivity contribution in [2.75, 3.05) is 6.61 Å². The Morgan fingerprint density at radius 2 is 0.596 bits per heavy atom. The first-order valence-electron chi connectivity index (χ1n) is 26.3. The first-order valence-corrected chi connectivity index (χ1v) is 26.3. The van der Waals surface area contributed by atoms with Crippen molar-refractivity contribution in [2.45, 2.75) is 321 Å². The van der Waals surface area contributed by atoms with Crippen molar-refractivity contribution in [3.8, 4) is 0 Å². The molecular weight excluding hydrogens is 703 g/mol. The van der Waals surface area contributed by atoms with Gasteiger partial charge in [-0.25, -0.2) is 0 Å². The van der Waals surface area contributed by atoms with E-state index in [1.165, 1.54) is 244 Å². The van der Waals surface area contributed by atoms with Gasteiger partial charge in [-0.1, -0.05) is 284 Å². The third-order valence-electron chi connectivity index (χ3n) is 12.7. The van der Waals surface area contributed by atoms with Crippen LogP contribution in [0, 0.1) is 0 Å². The van der Waals surface area contributed by atoms with Gasteiger partial charge in [0, 0.05) is 6.42 Å². The lowest BCUT2D eigenvalue weighted by Crippen LogP contribution is -2.50. The summed E-state index contributed by atoms with van der Waals surface area (Å²) in [5.41, 5.74) is 0. The number of hydrogen-bond donors (Lipinski definition) is 4. The minimum atomic E-state index is -1.13. The van der Waals surface area contributed by atoms with Crippen molar-refractivity contribution in [3.05, 3.63) is 0 Å². The number of nitrogens with one attached hydrogen (secondary N) is 1. The molecule has 0 aliphatic carbocycles. The van der Waals surface area contributed by atoms with Gasteiger partial charge in [-0.05, 0) is 12.8 Å². The van der Waals surface area contributed by atoms with Crippen LogP contribution in [0.4, 0.5) is 0 Å². The molecule has 0 aromatic rings. The summed E-state index contributed by atoms with van der Waals surface area (Å²) in [5.74, 6) is -0.137. The molecule has 0 spiro atoms. The van der Waals surface area contributed by atoms with Gasteiger partial charge in [0.25, 0.3) is 0 Å². The van der Waals surface area contributed by atoms with Crippen molar-refractivity contribution >= 4 is 5.91 Å². The summed E-state index contributed by atoms with van der Waals surface area (Å²) >= 11 is 0. The normalized spacial score (nSPS) is 13.3. The van der Waals surface area contributed by atoms with Crippen LogP contribution in [0.15, 0.2) is 0 Å². The van der Waals surface area contributed by atoms with E-state index in [9.17, 15) is 20.1 Å². The van der Waals surface area contributed by atoms with Gasteiger partial charge < -0.3 is 20.6 Å². The maximum atomic E-state index is 12.5. The van der Waals surface area contributed by atoms with Crippen molar-refractivity contribution in [3.63, 3.8) is 0 Å². The summed E-state index contributed by atoms with van der Waals surface area (Å²) in [4.78, 5) is 12.5. The number of unbranched alkanes of at least 4 members (excludes halogenated alkanes) is 41. The monoisotopic (exact) mass is 808 g/mol. The molecule has 0 bridgehead atoms. The zero-order chi connectivity index (χ0) is 41.5. The highest BCUT2D eigenvalue weighted by Crippen LogP contribution is 2.18. The molecule has 3 atom stereocenters. The third kappa shape index (κ3) is 43.3. The zero-order valence-corrected chi connectivity index (χ0v) is 39.0. The summed E-state index contributed by atoms with van der Waals surface area (Å²) in [7, 11) is 0. The van der Waals surface area contributed by atoms with E-state index in [4.69, 9.17) is 0 Å². The van der Waals surface area contributed by atoms with Gasteiger partial charge in [0.1, 0.15) is 6.10 Å². The van der Waals surface area contributed by atoms with Crippen molar-refractivity contribution in [1.82, 2.24) is 5.32 Å². The molecule has 0 rings (SSSR count). The SMILES string of the molecule is CCCCCCCCCCCCCCCCCCCCCCCCCCCCCC(=O)N[C@@H](CO)[C@H](O)[C@H](O)CCCCCCCCCCCCCCCCCC. The van der Waals surface area contributed by atoms with Crippen LogP contribution in [0.1, 0.15) is 303 Å². The Hall–Kier alpha value is -0.650. The van der Waals surface area contributed by atoms with E-state index in [-0.39, 0.29) is 12.5 Å². The Balaban J connectivity index is 3.49. The molecule has 0 aromatic heterocycles. The molecule has 0 aromatic carbocycles. The van der Waals surface area contributed by atoms with Crippen LogP contribution in [-0.4, -0.2) is 46.1 Å². The van der Waals surface area contributed by atoms with E-state index in [2.05, 4.69) is 19.2 Å². The average Bonchev–Trinajstić information content (AvgIpc) is 3.22. The lowest BCUT2D eigenvalue weighted by Gasteiger charge is -2.26. The third-order valence-corrected chi connectivity index (χ3v) is 12.7. The fourth-order valence-corrected chi connectivity index (χ4v) is 8.64.